The second-order valence-electron chi connectivity index (χ2n) is 16.5. The van der Waals surface area contributed by atoms with Gasteiger partial charge in [-0.25, -0.2) is 4.98 Å². The van der Waals surface area contributed by atoms with Gasteiger partial charge in [-0.1, -0.05) is 19.1 Å². The van der Waals surface area contributed by atoms with Crippen LogP contribution in [0.4, 0.5) is 34.5 Å². The van der Waals surface area contributed by atoms with Crippen LogP contribution < -0.4 is 46.8 Å². The van der Waals surface area contributed by atoms with E-state index in [4.69, 9.17) is 9.72 Å². The van der Waals surface area contributed by atoms with Crippen LogP contribution in [0.5, 0.6) is 5.75 Å². The van der Waals surface area contributed by atoms with E-state index in [-0.39, 0.29) is 35.9 Å². The summed E-state index contributed by atoms with van der Waals surface area (Å²) in [6.07, 6.45) is 8.10. The summed E-state index contributed by atoms with van der Waals surface area (Å²) in [5.74, 6) is -0.994. The van der Waals surface area contributed by atoms with Gasteiger partial charge in [0.05, 0.1) is 39.7 Å². The molecular formula is C45H50BrN14O6P. The van der Waals surface area contributed by atoms with Gasteiger partial charge in [0, 0.05) is 74.7 Å². The molecule has 6 aromatic rings. The number of fused-ring (bicyclic) bond motifs is 1. The average molecular weight is 994 g/mol. The number of piperidine rings is 2. The lowest BCUT2D eigenvalue weighted by Gasteiger charge is -2.35. The van der Waals surface area contributed by atoms with Crippen LogP contribution in [0, 0.1) is 0 Å². The molecule has 0 radical (unpaired) electrons. The number of ether oxygens (including phenoxy) is 1. The highest BCUT2D eigenvalue weighted by molar-refractivity contribution is 9.10. The smallest absolute Gasteiger partial charge is 0.295 e. The minimum atomic E-state index is -2.80. The summed E-state index contributed by atoms with van der Waals surface area (Å²) in [4.78, 5) is 73.9. The molecule has 3 aromatic carbocycles. The first-order chi connectivity index (χ1) is 32.3. The monoisotopic (exact) mass is 992 g/mol. The molecule has 0 aliphatic carbocycles. The molecule has 1 unspecified atom stereocenters. The predicted octanol–water partition coefficient (Wildman–Crippen LogP) is 5.37. The van der Waals surface area contributed by atoms with Crippen molar-refractivity contribution in [2.24, 2.45) is 0 Å². The largest absolute Gasteiger partial charge is 0.494 e. The van der Waals surface area contributed by atoms with Crippen molar-refractivity contribution < 1.29 is 28.5 Å². The summed E-state index contributed by atoms with van der Waals surface area (Å²) in [5, 5.41) is 25.1. The number of aromatic amines is 1. The zero-order valence-electron chi connectivity index (χ0n) is 37.3. The summed E-state index contributed by atoms with van der Waals surface area (Å²) < 4.78 is 20.0. The van der Waals surface area contributed by atoms with Gasteiger partial charge in [0.15, 0.2) is 0 Å². The quantitative estimate of drug-likeness (QED) is 0.0365. The molecule has 2 aliphatic heterocycles. The van der Waals surface area contributed by atoms with Crippen molar-refractivity contribution in [1.82, 2.24) is 51.1 Å². The van der Waals surface area contributed by atoms with Crippen LogP contribution in [0.1, 0.15) is 70.9 Å². The standard InChI is InChI=1S/C45H50BrN14O6P/c1-5-25-22-33(54-45-51-24-30(46)39(57-45)53-32-12-11-31-37(49-18-17-48-31)38(32)67(3,4)65)35(66-2)23-34(25)60-20-14-27(15-21-60)47-16-19-50-43(63)40-56-41(59-58-40)44(64)52-28-8-6-26(7-9-28)29-10-13-36(61)55-42(29)62/h6-9,11-12,17-18,22-24,27,29,47H,5,10,13-16,19-21H2,1-4H3,(H,50,63)(H,52,64)(H,55,61,62)(H,56,58,59)(H2,51,53,54,57). The third-order valence-electron chi connectivity index (χ3n) is 11.6. The maximum atomic E-state index is 13.5. The van der Waals surface area contributed by atoms with E-state index in [0.29, 0.717) is 74.9 Å². The van der Waals surface area contributed by atoms with Gasteiger partial charge in [-0.15, -0.1) is 5.10 Å². The van der Waals surface area contributed by atoms with Gasteiger partial charge < -0.3 is 40.8 Å². The Morgan fingerprint density at radius 3 is 2.43 bits per heavy atom. The van der Waals surface area contributed by atoms with Crippen LogP contribution in [0.3, 0.4) is 0 Å². The predicted molar refractivity (Wildman–Crippen MR) is 259 cm³/mol. The molecule has 20 nitrogen and oxygen atoms in total. The minimum absolute atomic E-state index is 0.0882. The Morgan fingerprint density at radius 1 is 0.925 bits per heavy atom. The lowest BCUT2D eigenvalue weighted by Crippen LogP contribution is -2.45. The van der Waals surface area contributed by atoms with Crippen LogP contribution in [-0.4, -0.2) is 111 Å². The number of anilines is 6. The van der Waals surface area contributed by atoms with Crippen LogP contribution >= 0.6 is 23.1 Å². The van der Waals surface area contributed by atoms with Crippen LogP contribution in [0.25, 0.3) is 11.0 Å². The number of hydrogen-bond acceptors (Lipinski definition) is 16. The number of nitrogens with zero attached hydrogens (tertiary/aromatic N) is 7. The summed E-state index contributed by atoms with van der Waals surface area (Å²) in [6.45, 7) is 8.03. The minimum Gasteiger partial charge on any atom is -0.494 e. The number of methoxy groups -OCH3 is 1. The fraction of sp³-hybridized carbons (Fsp3) is 0.333. The van der Waals surface area contributed by atoms with Crippen molar-refractivity contribution in [3.05, 3.63) is 94.4 Å². The van der Waals surface area contributed by atoms with Crippen molar-refractivity contribution in [2.75, 3.05) is 67.5 Å². The topological polar surface area (TPSA) is 263 Å². The van der Waals surface area contributed by atoms with E-state index >= 15 is 0 Å². The molecule has 67 heavy (non-hydrogen) atoms. The number of H-pyrrole nitrogens is 1. The van der Waals surface area contributed by atoms with Crippen LogP contribution in [0.15, 0.2) is 71.6 Å². The van der Waals surface area contributed by atoms with E-state index < -0.39 is 24.9 Å². The number of halogens is 1. The zero-order chi connectivity index (χ0) is 47.2. The van der Waals surface area contributed by atoms with E-state index in [1.54, 1.807) is 63.3 Å². The highest BCUT2D eigenvalue weighted by atomic mass is 79.9. The van der Waals surface area contributed by atoms with Crippen molar-refractivity contribution in [3.8, 4) is 5.75 Å². The first kappa shape index (κ1) is 46.7. The molecule has 3 aromatic heterocycles. The summed E-state index contributed by atoms with van der Waals surface area (Å²) in [5.41, 5.74) is 5.97. The molecule has 0 saturated carbocycles. The number of aryl methyl sites for hydroxylation is 1. The van der Waals surface area contributed by atoms with Crippen molar-refractivity contribution in [2.45, 2.75) is 51.0 Å². The number of amides is 4. The lowest BCUT2D eigenvalue weighted by atomic mass is 9.90. The normalized spacial score (nSPS) is 15.5. The van der Waals surface area contributed by atoms with Gasteiger partial charge in [0.1, 0.15) is 24.2 Å². The number of carbonyl (C=O) groups excluding carboxylic acids is 4. The van der Waals surface area contributed by atoms with E-state index in [9.17, 15) is 23.7 Å². The molecule has 22 heteroatoms. The molecule has 2 saturated heterocycles. The van der Waals surface area contributed by atoms with Crippen molar-refractivity contribution in [1.29, 1.82) is 0 Å². The number of rotatable bonds is 16. The highest BCUT2D eigenvalue weighted by Gasteiger charge is 2.29. The van der Waals surface area contributed by atoms with E-state index in [1.807, 2.05) is 18.2 Å². The Kier molecular flexibility index (Phi) is 14.2. The van der Waals surface area contributed by atoms with Gasteiger partial charge in [-0.05, 0) is 96.4 Å². The maximum Gasteiger partial charge on any atom is 0.295 e. The van der Waals surface area contributed by atoms with Crippen molar-refractivity contribution >= 4 is 97.6 Å². The second kappa shape index (κ2) is 20.4. The van der Waals surface area contributed by atoms with Gasteiger partial charge in [-0.2, -0.15) is 9.97 Å². The fourth-order valence-corrected chi connectivity index (χ4v) is 9.89. The Bertz CT molecular complexity index is 2880. The van der Waals surface area contributed by atoms with Crippen LogP contribution in [-0.2, 0) is 20.6 Å². The molecule has 5 heterocycles. The third-order valence-corrected chi connectivity index (χ3v) is 13.7. The molecule has 4 amide bonds. The first-order valence-electron chi connectivity index (χ1n) is 21.8. The summed E-state index contributed by atoms with van der Waals surface area (Å²) in [7, 11) is -1.16. The lowest BCUT2D eigenvalue weighted by molar-refractivity contribution is -0.134. The Hall–Kier alpha value is -6.83. The maximum absolute atomic E-state index is 13.5. The Labute approximate surface area is 394 Å². The number of aromatic nitrogens is 7. The highest BCUT2D eigenvalue weighted by Crippen LogP contribution is 2.42. The first-order valence-corrected chi connectivity index (χ1v) is 25.2. The molecule has 2 fully saturated rings. The summed E-state index contributed by atoms with van der Waals surface area (Å²) >= 11 is 3.57. The SMILES string of the molecule is CCc1cc(Nc2ncc(Br)c(Nc3ccc4nccnc4c3P(C)(C)=O)n2)c(OC)cc1N1CCC(NCCNC(=O)c2nc(C(=O)Nc3ccc(C4CCC(=O)NC4=O)cc3)n[nH]2)CC1. The fourth-order valence-electron chi connectivity index (χ4n) is 8.21. The number of carbonyl (C=O) groups is 4. The number of benzene rings is 3. The van der Waals surface area contributed by atoms with Gasteiger partial charge >= 0.3 is 0 Å². The molecule has 348 valence electrons. The van der Waals surface area contributed by atoms with Crippen LogP contribution in [0.2, 0.25) is 0 Å². The number of nitrogens with one attached hydrogen (secondary N) is 7. The van der Waals surface area contributed by atoms with Gasteiger partial charge in [-0.3, -0.25) is 39.6 Å². The molecular weight excluding hydrogens is 943 g/mol. The van der Waals surface area contributed by atoms with E-state index in [1.165, 1.54) is 0 Å². The number of imide groups is 1. The van der Waals surface area contributed by atoms with Gasteiger partial charge in [0.2, 0.25) is 29.4 Å². The Balaban J connectivity index is 0.816. The third kappa shape index (κ3) is 10.9. The Morgan fingerprint density at radius 2 is 1.70 bits per heavy atom. The van der Waals surface area contributed by atoms with Crippen molar-refractivity contribution in [3.63, 3.8) is 0 Å². The molecule has 7 N–H and O–H groups in total. The molecule has 0 bridgehead atoms. The molecule has 8 rings (SSSR count). The zero-order valence-corrected chi connectivity index (χ0v) is 39.8. The van der Waals surface area contributed by atoms with E-state index in [2.05, 4.69) is 95.9 Å². The molecule has 0 spiro atoms. The molecule has 1 atom stereocenters. The van der Waals surface area contributed by atoms with Gasteiger partial charge in [0.25, 0.3) is 11.8 Å². The summed E-state index contributed by atoms with van der Waals surface area (Å²) in [6, 6.07) is 14.8. The number of hydrogen-bond donors (Lipinski definition) is 7. The second-order valence-corrected chi connectivity index (χ2v) is 20.5. The average Bonchev–Trinajstić information content (AvgIpc) is 3.83. The molecule has 2 aliphatic rings. The van der Waals surface area contributed by atoms with E-state index in [0.717, 1.165) is 49.2 Å².